The number of carboxylic acids is 2. The molecular formula is C38H48N2O8. The first-order valence-corrected chi connectivity index (χ1v) is 16.6. The molecule has 0 bridgehead atoms. The normalized spacial score (nSPS) is 17.9. The molecule has 0 aliphatic carbocycles. The van der Waals surface area contributed by atoms with Crippen molar-refractivity contribution in [3.8, 4) is 0 Å². The summed E-state index contributed by atoms with van der Waals surface area (Å²) in [5.74, 6) is -3.65. The van der Waals surface area contributed by atoms with Gasteiger partial charge in [0.1, 0.15) is 0 Å². The standard InChI is InChI=1S/2C18H23NO2.C2H2O4/c2*20-18-7-9-19(14-18)10-12-21-11-8-15-5-6-16-3-1-2-4-17(16)13-15;3-1(4)2(5)6/h2*1-6,13,18,20H,7-12,14H2;(H,3,4)(H,5,6). The van der Waals surface area contributed by atoms with Gasteiger partial charge in [0.2, 0.25) is 0 Å². The molecule has 0 amide bonds. The molecule has 4 aromatic rings. The lowest BCUT2D eigenvalue weighted by molar-refractivity contribution is -0.159. The Morgan fingerprint density at radius 3 is 1.33 bits per heavy atom. The maximum Gasteiger partial charge on any atom is 0.414 e. The molecule has 0 aromatic heterocycles. The second-order valence-corrected chi connectivity index (χ2v) is 12.2. The summed E-state index contributed by atoms with van der Waals surface area (Å²) in [7, 11) is 0. The van der Waals surface area contributed by atoms with Crippen molar-refractivity contribution in [2.24, 2.45) is 0 Å². The molecule has 4 N–H and O–H groups in total. The lowest BCUT2D eigenvalue weighted by atomic mass is 10.1. The number of nitrogens with zero attached hydrogens (tertiary/aromatic N) is 2. The molecule has 2 fully saturated rings. The number of ether oxygens (including phenoxy) is 2. The third-order valence-electron chi connectivity index (χ3n) is 8.48. The molecule has 2 atom stereocenters. The van der Waals surface area contributed by atoms with Gasteiger partial charge in [-0.25, -0.2) is 9.59 Å². The smallest absolute Gasteiger partial charge is 0.414 e. The molecule has 0 saturated carbocycles. The number of rotatable bonds is 12. The number of hydrogen-bond acceptors (Lipinski definition) is 8. The molecule has 2 aliphatic rings. The van der Waals surface area contributed by atoms with Crippen LogP contribution >= 0.6 is 0 Å². The van der Waals surface area contributed by atoms with Crippen LogP contribution in [0.15, 0.2) is 84.9 Å². The Kier molecular flexibility index (Phi) is 15.2. The van der Waals surface area contributed by atoms with Gasteiger partial charge in [-0.05, 0) is 58.4 Å². The predicted molar refractivity (Wildman–Crippen MR) is 186 cm³/mol. The van der Waals surface area contributed by atoms with E-state index in [9.17, 15) is 10.2 Å². The fraction of sp³-hybridized carbons (Fsp3) is 0.421. The summed E-state index contributed by atoms with van der Waals surface area (Å²) in [5, 5.41) is 38.9. The van der Waals surface area contributed by atoms with Gasteiger partial charge in [-0.3, -0.25) is 9.80 Å². The topological polar surface area (TPSA) is 140 Å². The Bertz CT molecular complexity index is 1460. The predicted octanol–water partition coefficient (Wildman–Crippen LogP) is 4.09. The Balaban J connectivity index is 0.000000186. The minimum Gasteiger partial charge on any atom is -0.473 e. The van der Waals surface area contributed by atoms with E-state index in [-0.39, 0.29) is 12.2 Å². The number of aliphatic hydroxyl groups is 2. The van der Waals surface area contributed by atoms with Crippen molar-refractivity contribution >= 4 is 33.5 Å². The molecule has 2 unspecified atom stereocenters. The van der Waals surface area contributed by atoms with Crippen molar-refractivity contribution in [1.82, 2.24) is 9.80 Å². The average Bonchev–Trinajstić information content (AvgIpc) is 3.71. The zero-order valence-corrected chi connectivity index (χ0v) is 27.5. The summed E-state index contributed by atoms with van der Waals surface area (Å²) in [4.78, 5) is 22.7. The number of fused-ring (bicyclic) bond motifs is 2. The first-order chi connectivity index (χ1) is 23.3. The SMILES string of the molecule is O=C(O)C(=O)O.OC1CCN(CCOCCc2ccc3ccccc3c2)C1.OC1CCN(CCOCCc2ccc3ccccc3c2)C1. The second kappa shape index (κ2) is 19.8. The van der Waals surface area contributed by atoms with Gasteiger partial charge in [0.25, 0.3) is 0 Å². The van der Waals surface area contributed by atoms with E-state index in [2.05, 4.69) is 94.7 Å². The van der Waals surface area contributed by atoms with Crippen molar-refractivity contribution in [1.29, 1.82) is 0 Å². The minimum absolute atomic E-state index is 0.136. The van der Waals surface area contributed by atoms with Crippen molar-refractivity contribution in [2.45, 2.75) is 37.9 Å². The highest BCUT2D eigenvalue weighted by Crippen LogP contribution is 2.17. The number of carboxylic acid groups (broad SMARTS) is 2. The lowest BCUT2D eigenvalue weighted by Crippen LogP contribution is -2.26. The van der Waals surface area contributed by atoms with Crippen LogP contribution in [-0.2, 0) is 31.9 Å². The number of aliphatic hydroxyl groups excluding tert-OH is 2. The number of aliphatic carboxylic acids is 2. The Labute approximate surface area is 282 Å². The van der Waals surface area contributed by atoms with E-state index in [4.69, 9.17) is 29.3 Å². The summed E-state index contributed by atoms with van der Waals surface area (Å²) in [6.45, 7) is 8.46. The summed E-state index contributed by atoms with van der Waals surface area (Å²) < 4.78 is 11.4. The fourth-order valence-electron chi connectivity index (χ4n) is 5.79. The van der Waals surface area contributed by atoms with E-state index < -0.39 is 11.9 Å². The van der Waals surface area contributed by atoms with E-state index in [1.54, 1.807) is 0 Å². The second-order valence-electron chi connectivity index (χ2n) is 12.2. The van der Waals surface area contributed by atoms with Gasteiger partial charge in [0, 0.05) is 39.3 Å². The van der Waals surface area contributed by atoms with Crippen LogP contribution < -0.4 is 0 Å². The maximum absolute atomic E-state index is 9.46. The lowest BCUT2D eigenvalue weighted by Gasteiger charge is -2.14. The van der Waals surface area contributed by atoms with Crippen molar-refractivity contribution in [3.63, 3.8) is 0 Å². The third-order valence-corrected chi connectivity index (χ3v) is 8.48. The molecule has 6 rings (SSSR count). The van der Waals surface area contributed by atoms with E-state index >= 15 is 0 Å². The summed E-state index contributed by atoms with van der Waals surface area (Å²) >= 11 is 0. The molecular weight excluding hydrogens is 612 g/mol. The monoisotopic (exact) mass is 660 g/mol. The molecule has 0 spiro atoms. The van der Waals surface area contributed by atoms with Gasteiger partial charge < -0.3 is 29.9 Å². The molecule has 2 aliphatic heterocycles. The Morgan fingerprint density at radius 2 is 0.979 bits per heavy atom. The van der Waals surface area contributed by atoms with Gasteiger partial charge >= 0.3 is 11.9 Å². The fourth-order valence-corrected chi connectivity index (χ4v) is 5.79. The molecule has 2 heterocycles. The quantitative estimate of drug-likeness (QED) is 0.130. The van der Waals surface area contributed by atoms with Gasteiger partial charge in [-0.2, -0.15) is 0 Å². The van der Waals surface area contributed by atoms with E-state index in [0.29, 0.717) is 0 Å². The highest BCUT2D eigenvalue weighted by Gasteiger charge is 2.20. The van der Waals surface area contributed by atoms with Crippen LogP contribution in [0.2, 0.25) is 0 Å². The van der Waals surface area contributed by atoms with Crippen LogP contribution in [0, 0.1) is 0 Å². The molecule has 2 saturated heterocycles. The van der Waals surface area contributed by atoms with Crippen LogP contribution in [-0.4, -0.2) is 120 Å². The number of likely N-dealkylation sites (tertiary alicyclic amines) is 2. The average molecular weight is 661 g/mol. The van der Waals surface area contributed by atoms with Gasteiger partial charge in [-0.15, -0.1) is 0 Å². The van der Waals surface area contributed by atoms with Gasteiger partial charge in [0.05, 0.1) is 38.6 Å². The van der Waals surface area contributed by atoms with Crippen LogP contribution in [0.25, 0.3) is 21.5 Å². The third kappa shape index (κ3) is 13.0. The van der Waals surface area contributed by atoms with Crippen LogP contribution in [0.5, 0.6) is 0 Å². The molecule has 258 valence electrons. The van der Waals surface area contributed by atoms with E-state index in [1.807, 2.05) is 0 Å². The van der Waals surface area contributed by atoms with Crippen LogP contribution in [0.1, 0.15) is 24.0 Å². The molecule has 10 heteroatoms. The Morgan fingerprint density at radius 1 is 0.583 bits per heavy atom. The molecule has 0 radical (unpaired) electrons. The van der Waals surface area contributed by atoms with Crippen molar-refractivity contribution in [3.05, 3.63) is 96.1 Å². The van der Waals surface area contributed by atoms with Crippen molar-refractivity contribution in [2.75, 3.05) is 65.7 Å². The largest absolute Gasteiger partial charge is 0.473 e. The first-order valence-electron chi connectivity index (χ1n) is 16.6. The minimum atomic E-state index is -1.82. The number of hydrogen-bond donors (Lipinski definition) is 4. The number of β-amino-alcohol motifs (C(OH)–C–C–N with tert-alkyl or cyclic N) is 2. The zero-order chi connectivity index (χ0) is 34.1. The molecule has 4 aromatic carbocycles. The van der Waals surface area contributed by atoms with Gasteiger partial charge in [0.15, 0.2) is 0 Å². The zero-order valence-electron chi connectivity index (χ0n) is 27.5. The van der Waals surface area contributed by atoms with Crippen LogP contribution in [0.3, 0.4) is 0 Å². The highest BCUT2D eigenvalue weighted by molar-refractivity contribution is 6.27. The summed E-state index contributed by atoms with van der Waals surface area (Å²) in [6.07, 6.45) is 3.43. The van der Waals surface area contributed by atoms with Crippen LogP contribution in [0.4, 0.5) is 0 Å². The molecule has 48 heavy (non-hydrogen) atoms. The number of benzene rings is 4. The molecule has 10 nitrogen and oxygen atoms in total. The summed E-state index contributed by atoms with van der Waals surface area (Å²) in [5.41, 5.74) is 2.65. The van der Waals surface area contributed by atoms with Gasteiger partial charge in [-0.1, -0.05) is 84.9 Å². The Hall–Kier alpha value is -3.90. The van der Waals surface area contributed by atoms with Crippen molar-refractivity contribution < 1.29 is 39.5 Å². The van der Waals surface area contributed by atoms with E-state index in [1.165, 1.54) is 32.7 Å². The summed E-state index contributed by atoms with van der Waals surface area (Å²) in [6, 6.07) is 30.1. The highest BCUT2D eigenvalue weighted by atomic mass is 16.5. The first kappa shape index (κ1) is 36.9. The van der Waals surface area contributed by atoms with E-state index in [0.717, 1.165) is 91.4 Å². The number of carbonyl (C=O) groups is 2. The maximum atomic E-state index is 9.46.